The van der Waals surface area contributed by atoms with Crippen molar-refractivity contribution < 1.29 is 4.79 Å². The van der Waals surface area contributed by atoms with E-state index in [9.17, 15) is 4.79 Å². The molecule has 0 aliphatic carbocycles. The highest BCUT2D eigenvalue weighted by Gasteiger charge is 2.20. The van der Waals surface area contributed by atoms with Crippen LogP contribution in [0.1, 0.15) is 132 Å². The SMILES string of the molecule is CC(C)CCCC(C)CCCC(C)CCCC(C)CCCC(=O)C(C)(C)C. The Hall–Kier alpha value is -0.330. The van der Waals surface area contributed by atoms with E-state index >= 15 is 0 Å². The van der Waals surface area contributed by atoms with Gasteiger partial charge in [0.2, 0.25) is 0 Å². The highest BCUT2D eigenvalue weighted by molar-refractivity contribution is 5.83. The van der Waals surface area contributed by atoms with Crippen LogP contribution in [-0.4, -0.2) is 5.78 Å². The van der Waals surface area contributed by atoms with Crippen LogP contribution in [-0.2, 0) is 4.79 Å². The number of hydrogen-bond donors (Lipinski definition) is 0. The molecule has 0 bridgehead atoms. The average molecular weight is 381 g/mol. The highest BCUT2D eigenvalue weighted by atomic mass is 16.1. The van der Waals surface area contributed by atoms with Gasteiger partial charge in [0.15, 0.2) is 0 Å². The number of carbonyl (C=O) groups excluding carboxylic acids is 1. The van der Waals surface area contributed by atoms with Crippen LogP contribution in [0, 0.1) is 29.1 Å². The Morgan fingerprint density at radius 3 is 1.26 bits per heavy atom. The summed E-state index contributed by atoms with van der Waals surface area (Å²) in [6.07, 6.45) is 15.6. The van der Waals surface area contributed by atoms with Gasteiger partial charge in [-0.3, -0.25) is 4.79 Å². The molecule has 0 aliphatic heterocycles. The van der Waals surface area contributed by atoms with E-state index in [1.807, 2.05) is 20.8 Å². The van der Waals surface area contributed by atoms with E-state index < -0.39 is 0 Å². The Labute approximate surface area is 172 Å². The van der Waals surface area contributed by atoms with Crippen LogP contribution < -0.4 is 0 Å². The number of hydrogen-bond acceptors (Lipinski definition) is 1. The molecule has 0 fully saturated rings. The predicted octanol–water partition coefficient (Wildman–Crippen LogP) is 8.85. The van der Waals surface area contributed by atoms with Gasteiger partial charge in [0.25, 0.3) is 0 Å². The van der Waals surface area contributed by atoms with Crippen LogP contribution in [0.5, 0.6) is 0 Å². The highest BCUT2D eigenvalue weighted by Crippen LogP contribution is 2.24. The van der Waals surface area contributed by atoms with Crippen molar-refractivity contribution in [1.29, 1.82) is 0 Å². The van der Waals surface area contributed by atoms with Crippen molar-refractivity contribution in [3.63, 3.8) is 0 Å². The van der Waals surface area contributed by atoms with Gasteiger partial charge in [-0.05, 0) is 30.1 Å². The van der Waals surface area contributed by atoms with Crippen LogP contribution >= 0.6 is 0 Å². The topological polar surface area (TPSA) is 17.1 Å². The molecule has 0 spiro atoms. The molecule has 0 radical (unpaired) electrons. The molecule has 1 heteroatoms. The molecule has 3 unspecified atom stereocenters. The lowest BCUT2D eigenvalue weighted by molar-refractivity contribution is -0.126. The van der Waals surface area contributed by atoms with Crippen molar-refractivity contribution in [1.82, 2.24) is 0 Å². The molecule has 0 N–H and O–H groups in total. The molecule has 0 saturated heterocycles. The van der Waals surface area contributed by atoms with Crippen molar-refractivity contribution in [3.8, 4) is 0 Å². The molecule has 0 aliphatic rings. The number of ketones is 1. The quantitative estimate of drug-likeness (QED) is 0.261. The minimum absolute atomic E-state index is 0.162. The van der Waals surface area contributed by atoms with Gasteiger partial charge < -0.3 is 0 Å². The van der Waals surface area contributed by atoms with Gasteiger partial charge in [-0.15, -0.1) is 0 Å². The Kier molecular flexibility index (Phi) is 14.5. The Morgan fingerprint density at radius 2 is 0.926 bits per heavy atom. The average Bonchev–Trinajstić information content (AvgIpc) is 2.53. The summed E-state index contributed by atoms with van der Waals surface area (Å²) in [5, 5.41) is 0. The second-order valence-electron chi connectivity index (χ2n) is 11.1. The zero-order valence-electron chi connectivity index (χ0n) is 20.2. The molecule has 3 atom stereocenters. The number of Topliss-reactive ketones (excluding diaryl/α,β-unsaturated/α-hetero) is 1. The van der Waals surface area contributed by atoms with Gasteiger partial charge in [0, 0.05) is 11.8 Å². The first-order valence-corrected chi connectivity index (χ1v) is 12.1. The van der Waals surface area contributed by atoms with E-state index in [1.165, 1.54) is 64.2 Å². The second kappa shape index (κ2) is 14.6. The summed E-state index contributed by atoms with van der Waals surface area (Å²) in [5.74, 6) is 3.83. The Morgan fingerprint density at radius 1 is 0.593 bits per heavy atom. The summed E-state index contributed by atoms with van der Waals surface area (Å²) in [7, 11) is 0. The summed E-state index contributed by atoms with van der Waals surface area (Å²) in [6.45, 7) is 18.0. The van der Waals surface area contributed by atoms with E-state index in [0.29, 0.717) is 5.78 Å². The van der Waals surface area contributed by atoms with Crippen LogP contribution in [0.15, 0.2) is 0 Å². The van der Waals surface area contributed by atoms with E-state index in [-0.39, 0.29) is 5.41 Å². The largest absolute Gasteiger partial charge is 0.299 e. The minimum Gasteiger partial charge on any atom is -0.299 e. The summed E-state index contributed by atoms with van der Waals surface area (Å²) >= 11 is 0. The number of carbonyl (C=O) groups is 1. The maximum Gasteiger partial charge on any atom is 0.138 e. The minimum atomic E-state index is -0.162. The third-order valence-corrected chi connectivity index (χ3v) is 6.20. The van der Waals surface area contributed by atoms with Gasteiger partial charge in [-0.2, -0.15) is 0 Å². The maximum atomic E-state index is 12.0. The van der Waals surface area contributed by atoms with Crippen molar-refractivity contribution in [2.24, 2.45) is 29.1 Å². The van der Waals surface area contributed by atoms with E-state index in [1.54, 1.807) is 0 Å². The first kappa shape index (κ1) is 26.7. The standard InChI is InChI=1S/C26H52O/c1-21(2)13-9-14-22(3)15-10-16-23(4)17-11-18-24(5)19-12-20-25(27)26(6,7)8/h21-24H,9-20H2,1-8H3. The van der Waals surface area contributed by atoms with Crippen LogP contribution in [0.3, 0.4) is 0 Å². The normalized spacial score (nSPS) is 15.7. The lowest BCUT2D eigenvalue weighted by Crippen LogP contribution is -2.19. The van der Waals surface area contributed by atoms with E-state index in [4.69, 9.17) is 0 Å². The molecule has 0 rings (SSSR count). The first-order valence-electron chi connectivity index (χ1n) is 12.1. The molecule has 0 aromatic heterocycles. The molecule has 162 valence electrons. The summed E-state index contributed by atoms with van der Waals surface area (Å²) in [5.41, 5.74) is -0.162. The molecule has 0 aromatic rings. The van der Waals surface area contributed by atoms with Gasteiger partial charge in [-0.25, -0.2) is 0 Å². The molecule has 0 amide bonds. The van der Waals surface area contributed by atoms with E-state index in [0.717, 1.165) is 36.5 Å². The number of rotatable bonds is 16. The van der Waals surface area contributed by atoms with Crippen molar-refractivity contribution in [3.05, 3.63) is 0 Å². The third kappa shape index (κ3) is 16.3. The van der Waals surface area contributed by atoms with Gasteiger partial charge >= 0.3 is 0 Å². The van der Waals surface area contributed by atoms with Crippen molar-refractivity contribution >= 4 is 5.78 Å². The summed E-state index contributed by atoms with van der Waals surface area (Å²) in [4.78, 5) is 12.0. The maximum absolute atomic E-state index is 12.0. The monoisotopic (exact) mass is 380 g/mol. The van der Waals surface area contributed by atoms with Crippen LogP contribution in [0.25, 0.3) is 0 Å². The van der Waals surface area contributed by atoms with Gasteiger partial charge in [0.1, 0.15) is 5.78 Å². The molecule has 27 heavy (non-hydrogen) atoms. The molecule has 0 heterocycles. The summed E-state index contributed by atoms with van der Waals surface area (Å²) < 4.78 is 0. The molecular weight excluding hydrogens is 328 g/mol. The zero-order chi connectivity index (χ0) is 20.9. The molecular formula is C26H52O. The lowest BCUT2D eigenvalue weighted by atomic mass is 9.86. The predicted molar refractivity (Wildman–Crippen MR) is 122 cm³/mol. The second-order valence-corrected chi connectivity index (χ2v) is 11.1. The molecule has 1 nitrogen and oxygen atoms in total. The van der Waals surface area contributed by atoms with Crippen molar-refractivity contribution in [2.75, 3.05) is 0 Å². The first-order chi connectivity index (χ1) is 12.5. The van der Waals surface area contributed by atoms with Crippen molar-refractivity contribution in [2.45, 2.75) is 132 Å². The zero-order valence-corrected chi connectivity index (χ0v) is 20.2. The summed E-state index contributed by atoms with van der Waals surface area (Å²) in [6, 6.07) is 0. The lowest BCUT2D eigenvalue weighted by Gasteiger charge is -2.18. The van der Waals surface area contributed by atoms with Gasteiger partial charge in [0.05, 0.1) is 0 Å². The molecule has 0 aromatic carbocycles. The van der Waals surface area contributed by atoms with E-state index in [2.05, 4.69) is 34.6 Å². The fraction of sp³-hybridized carbons (Fsp3) is 0.962. The van der Waals surface area contributed by atoms with Crippen LogP contribution in [0.2, 0.25) is 0 Å². The fourth-order valence-electron chi connectivity index (χ4n) is 3.92. The Bertz CT molecular complexity index is 363. The van der Waals surface area contributed by atoms with Gasteiger partial charge in [-0.1, -0.05) is 120 Å². The van der Waals surface area contributed by atoms with Crippen LogP contribution in [0.4, 0.5) is 0 Å². The smallest absolute Gasteiger partial charge is 0.138 e. The fourth-order valence-corrected chi connectivity index (χ4v) is 3.92. The molecule has 0 saturated carbocycles. The Balaban J connectivity index is 3.64. The third-order valence-electron chi connectivity index (χ3n) is 6.20.